The minimum Gasteiger partial charge on any atom is -0.313 e. The molecule has 0 aromatic rings. The predicted molar refractivity (Wildman–Crippen MR) is 38.3 cm³/mol. The number of rotatable bonds is 0. The van der Waals surface area contributed by atoms with Crippen molar-refractivity contribution in [3.05, 3.63) is 12.2 Å². The van der Waals surface area contributed by atoms with Gasteiger partial charge in [-0.15, -0.1) is 0 Å². The number of fused-ring (bicyclic) bond motifs is 1. The standard InChI is InChI=1S/C8H13N/c1-2-4-8-7(3-1)5-6-9-8/h1,3,7-9H,2,4-6H2/t7-,8+/m1/s1. The van der Waals surface area contributed by atoms with E-state index >= 15 is 0 Å². The molecule has 1 heteroatoms. The second-order valence-electron chi connectivity index (χ2n) is 3.02. The molecule has 2 aliphatic rings. The van der Waals surface area contributed by atoms with Gasteiger partial charge in [0.1, 0.15) is 0 Å². The molecule has 1 aliphatic heterocycles. The van der Waals surface area contributed by atoms with E-state index in [2.05, 4.69) is 17.5 Å². The van der Waals surface area contributed by atoms with Crippen LogP contribution >= 0.6 is 0 Å². The predicted octanol–water partition coefficient (Wildman–Crippen LogP) is 1.31. The Morgan fingerprint density at radius 2 is 2.33 bits per heavy atom. The molecule has 0 radical (unpaired) electrons. The van der Waals surface area contributed by atoms with Gasteiger partial charge in [0.15, 0.2) is 0 Å². The second kappa shape index (κ2) is 2.14. The van der Waals surface area contributed by atoms with Crippen molar-refractivity contribution in [1.82, 2.24) is 5.32 Å². The fraction of sp³-hybridized carbons (Fsp3) is 0.750. The third-order valence-electron chi connectivity index (χ3n) is 2.43. The lowest BCUT2D eigenvalue weighted by molar-refractivity contribution is 0.473. The van der Waals surface area contributed by atoms with E-state index < -0.39 is 0 Å². The summed E-state index contributed by atoms with van der Waals surface area (Å²) in [5.41, 5.74) is 0. The first kappa shape index (κ1) is 5.48. The van der Waals surface area contributed by atoms with Crippen molar-refractivity contribution < 1.29 is 0 Å². The number of nitrogens with one attached hydrogen (secondary N) is 1. The van der Waals surface area contributed by atoms with Crippen LogP contribution in [0.1, 0.15) is 19.3 Å². The van der Waals surface area contributed by atoms with Crippen molar-refractivity contribution in [3.8, 4) is 0 Å². The maximum Gasteiger partial charge on any atom is 0.0133 e. The van der Waals surface area contributed by atoms with Gasteiger partial charge >= 0.3 is 0 Å². The highest BCUT2D eigenvalue weighted by Gasteiger charge is 2.25. The Balaban J connectivity index is 2.10. The molecular weight excluding hydrogens is 110 g/mol. The van der Waals surface area contributed by atoms with Gasteiger partial charge in [0.2, 0.25) is 0 Å². The summed E-state index contributed by atoms with van der Waals surface area (Å²) in [6, 6.07) is 0.829. The molecule has 0 aromatic carbocycles. The smallest absolute Gasteiger partial charge is 0.0133 e. The fourth-order valence-corrected chi connectivity index (χ4v) is 1.88. The zero-order chi connectivity index (χ0) is 6.10. The van der Waals surface area contributed by atoms with Crippen LogP contribution in [0.15, 0.2) is 12.2 Å². The van der Waals surface area contributed by atoms with Crippen molar-refractivity contribution in [2.24, 2.45) is 5.92 Å². The maximum absolute atomic E-state index is 3.51. The lowest BCUT2D eigenvalue weighted by Gasteiger charge is -2.18. The molecule has 0 bridgehead atoms. The summed E-state index contributed by atoms with van der Waals surface area (Å²) in [7, 11) is 0. The molecule has 1 nitrogen and oxygen atoms in total. The summed E-state index contributed by atoms with van der Waals surface area (Å²) >= 11 is 0. The van der Waals surface area contributed by atoms with Crippen LogP contribution in [0.5, 0.6) is 0 Å². The number of hydrogen-bond acceptors (Lipinski definition) is 1. The molecule has 0 saturated carbocycles. The Morgan fingerprint density at radius 1 is 1.33 bits per heavy atom. The first-order valence-corrected chi connectivity index (χ1v) is 3.87. The highest BCUT2D eigenvalue weighted by atomic mass is 14.9. The largest absolute Gasteiger partial charge is 0.313 e. The van der Waals surface area contributed by atoms with Crippen LogP contribution in [0.25, 0.3) is 0 Å². The molecule has 1 N–H and O–H groups in total. The molecule has 2 rings (SSSR count). The average molecular weight is 123 g/mol. The van der Waals surface area contributed by atoms with Gasteiger partial charge in [-0.3, -0.25) is 0 Å². The minimum atomic E-state index is 0.829. The molecule has 0 aromatic heterocycles. The number of hydrogen-bond donors (Lipinski definition) is 1. The highest BCUT2D eigenvalue weighted by Crippen LogP contribution is 2.24. The monoisotopic (exact) mass is 123 g/mol. The summed E-state index contributed by atoms with van der Waals surface area (Å²) in [4.78, 5) is 0. The zero-order valence-corrected chi connectivity index (χ0v) is 5.64. The van der Waals surface area contributed by atoms with Crippen LogP contribution < -0.4 is 5.32 Å². The van der Waals surface area contributed by atoms with Crippen molar-refractivity contribution in [3.63, 3.8) is 0 Å². The molecule has 1 saturated heterocycles. The van der Waals surface area contributed by atoms with Crippen LogP contribution in [0.4, 0.5) is 0 Å². The van der Waals surface area contributed by atoms with Gasteiger partial charge in [0, 0.05) is 6.04 Å². The maximum atomic E-state index is 3.51. The Kier molecular flexibility index (Phi) is 1.31. The van der Waals surface area contributed by atoms with Crippen molar-refractivity contribution in [1.29, 1.82) is 0 Å². The summed E-state index contributed by atoms with van der Waals surface area (Å²) < 4.78 is 0. The topological polar surface area (TPSA) is 12.0 Å². The van der Waals surface area contributed by atoms with Crippen LogP contribution in [-0.2, 0) is 0 Å². The van der Waals surface area contributed by atoms with Crippen molar-refractivity contribution >= 4 is 0 Å². The van der Waals surface area contributed by atoms with Crippen molar-refractivity contribution in [2.45, 2.75) is 25.3 Å². The van der Waals surface area contributed by atoms with E-state index in [0.717, 1.165) is 12.0 Å². The average Bonchev–Trinajstić information content (AvgIpc) is 2.33. The first-order valence-electron chi connectivity index (χ1n) is 3.87. The van der Waals surface area contributed by atoms with E-state index in [1.165, 1.54) is 25.8 Å². The van der Waals surface area contributed by atoms with Gasteiger partial charge in [0.05, 0.1) is 0 Å². The molecule has 2 atom stereocenters. The van der Waals surface area contributed by atoms with Crippen LogP contribution in [0.2, 0.25) is 0 Å². The molecule has 1 fully saturated rings. The van der Waals surface area contributed by atoms with Gasteiger partial charge < -0.3 is 5.32 Å². The van der Waals surface area contributed by atoms with E-state index in [-0.39, 0.29) is 0 Å². The van der Waals surface area contributed by atoms with Gasteiger partial charge in [0.25, 0.3) is 0 Å². The van der Waals surface area contributed by atoms with Gasteiger partial charge in [-0.25, -0.2) is 0 Å². The first-order chi connectivity index (χ1) is 4.47. The SMILES string of the molecule is C1=C[C@@H]2CCN[C@H]2CC1. The summed E-state index contributed by atoms with van der Waals surface area (Å²) in [6.07, 6.45) is 8.72. The third-order valence-corrected chi connectivity index (χ3v) is 2.43. The minimum absolute atomic E-state index is 0.829. The lowest BCUT2D eigenvalue weighted by atomic mass is 9.92. The molecule has 50 valence electrons. The van der Waals surface area contributed by atoms with E-state index in [1.54, 1.807) is 0 Å². The Morgan fingerprint density at radius 3 is 3.22 bits per heavy atom. The molecule has 0 amide bonds. The second-order valence-corrected chi connectivity index (χ2v) is 3.02. The molecule has 0 spiro atoms. The summed E-state index contributed by atoms with van der Waals surface area (Å²) in [5, 5.41) is 3.51. The Bertz CT molecular complexity index is 129. The van der Waals surface area contributed by atoms with Crippen molar-refractivity contribution in [2.75, 3.05) is 6.54 Å². The fourth-order valence-electron chi connectivity index (χ4n) is 1.88. The number of allylic oxidation sites excluding steroid dienone is 1. The van der Waals surface area contributed by atoms with Crippen LogP contribution in [-0.4, -0.2) is 12.6 Å². The van der Waals surface area contributed by atoms with E-state index in [1.807, 2.05) is 0 Å². The highest BCUT2D eigenvalue weighted by molar-refractivity contribution is 5.03. The zero-order valence-electron chi connectivity index (χ0n) is 5.64. The molecule has 1 aliphatic carbocycles. The van der Waals surface area contributed by atoms with E-state index in [4.69, 9.17) is 0 Å². The lowest BCUT2D eigenvalue weighted by Crippen LogP contribution is -2.27. The molecule has 1 heterocycles. The Hall–Kier alpha value is -0.300. The third kappa shape index (κ3) is 0.897. The van der Waals surface area contributed by atoms with Crippen LogP contribution in [0, 0.1) is 5.92 Å². The molecule has 9 heavy (non-hydrogen) atoms. The normalized spacial score (nSPS) is 40.9. The van der Waals surface area contributed by atoms with Gasteiger partial charge in [-0.1, -0.05) is 12.2 Å². The van der Waals surface area contributed by atoms with Gasteiger partial charge in [-0.05, 0) is 31.7 Å². The molecule has 0 unspecified atom stereocenters. The van der Waals surface area contributed by atoms with E-state index in [0.29, 0.717) is 0 Å². The van der Waals surface area contributed by atoms with Crippen LogP contribution in [0.3, 0.4) is 0 Å². The molecular formula is C8H13N. The summed E-state index contributed by atoms with van der Waals surface area (Å²) in [6.45, 7) is 1.24. The Labute approximate surface area is 56.1 Å². The van der Waals surface area contributed by atoms with Gasteiger partial charge in [-0.2, -0.15) is 0 Å². The quantitative estimate of drug-likeness (QED) is 0.479. The van der Waals surface area contributed by atoms with E-state index in [9.17, 15) is 0 Å². The summed E-state index contributed by atoms with van der Waals surface area (Å²) in [5.74, 6) is 0.874.